The molecule has 3 aromatic rings. The fraction of sp³-hybridized carbons (Fsp3) is 0.238. The number of carbonyl (C=O) groups is 1. The van der Waals surface area contributed by atoms with Gasteiger partial charge in [0.25, 0.3) is 0 Å². The molecule has 1 aromatic carbocycles. The zero-order valence-corrected chi connectivity index (χ0v) is 14.8. The van der Waals surface area contributed by atoms with Crippen LogP contribution in [-0.2, 0) is 24.3 Å². The molecule has 5 nitrogen and oxygen atoms in total. The number of fused-ring (bicyclic) bond motifs is 1. The summed E-state index contributed by atoms with van der Waals surface area (Å²) in [5, 5.41) is 0. The van der Waals surface area contributed by atoms with Crippen LogP contribution in [0.1, 0.15) is 11.3 Å². The third-order valence-electron chi connectivity index (χ3n) is 4.69. The minimum Gasteiger partial charge on any atom is -0.485 e. The lowest BCUT2D eigenvalue weighted by molar-refractivity contribution is -0.132. The van der Waals surface area contributed by atoms with Gasteiger partial charge in [-0.3, -0.25) is 9.78 Å². The Kier molecular flexibility index (Phi) is 4.87. The summed E-state index contributed by atoms with van der Waals surface area (Å²) >= 11 is 0. The average Bonchev–Trinajstić information content (AvgIpc) is 3.03. The molecular formula is C21H20FN3O2. The van der Waals surface area contributed by atoms with E-state index in [0.29, 0.717) is 30.9 Å². The van der Waals surface area contributed by atoms with Crippen LogP contribution in [0.25, 0.3) is 0 Å². The van der Waals surface area contributed by atoms with Crippen LogP contribution in [0.15, 0.2) is 67.1 Å². The van der Waals surface area contributed by atoms with Gasteiger partial charge in [-0.2, -0.15) is 0 Å². The predicted octanol–water partition coefficient (Wildman–Crippen LogP) is 3.05. The minimum absolute atomic E-state index is 0.0347. The zero-order valence-electron chi connectivity index (χ0n) is 14.8. The molecule has 138 valence electrons. The largest absolute Gasteiger partial charge is 0.485 e. The molecule has 1 aliphatic rings. The first-order valence-corrected chi connectivity index (χ1v) is 8.91. The summed E-state index contributed by atoms with van der Waals surface area (Å²) in [4.78, 5) is 18.7. The van der Waals surface area contributed by atoms with Gasteiger partial charge in [-0.1, -0.05) is 18.2 Å². The van der Waals surface area contributed by atoms with Gasteiger partial charge >= 0.3 is 0 Å². The van der Waals surface area contributed by atoms with E-state index in [4.69, 9.17) is 4.74 Å². The van der Waals surface area contributed by atoms with Crippen molar-refractivity contribution in [3.8, 4) is 5.75 Å². The second kappa shape index (κ2) is 7.61. The molecule has 1 aliphatic heterocycles. The maximum atomic E-state index is 13.9. The number of hydrogen-bond donors (Lipinski definition) is 0. The molecule has 0 bridgehead atoms. The van der Waals surface area contributed by atoms with Crippen LogP contribution in [-0.4, -0.2) is 33.0 Å². The molecule has 0 spiro atoms. The molecule has 0 saturated heterocycles. The van der Waals surface area contributed by atoms with Crippen molar-refractivity contribution >= 4 is 5.91 Å². The first kappa shape index (κ1) is 17.3. The average molecular weight is 365 g/mol. The number of ether oxygens (including phenoxy) is 1. The van der Waals surface area contributed by atoms with Gasteiger partial charge < -0.3 is 14.2 Å². The SMILES string of the molecule is O=C(Cc1ccccc1F)N1Cc2cccn2CC(Oc2cccnc2)C1. The molecule has 4 rings (SSSR count). The Morgan fingerprint density at radius 2 is 2.04 bits per heavy atom. The van der Waals surface area contributed by atoms with Crippen molar-refractivity contribution in [2.75, 3.05) is 6.54 Å². The lowest BCUT2D eigenvalue weighted by Crippen LogP contribution is -2.39. The highest BCUT2D eigenvalue weighted by atomic mass is 19.1. The molecule has 0 saturated carbocycles. The fourth-order valence-corrected chi connectivity index (χ4v) is 3.34. The zero-order chi connectivity index (χ0) is 18.6. The van der Waals surface area contributed by atoms with E-state index in [2.05, 4.69) is 9.55 Å². The van der Waals surface area contributed by atoms with Gasteiger partial charge in [-0.25, -0.2) is 4.39 Å². The van der Waals surface area contributed by atoms with Crippen molar-refractivity contribution in [3.05, 3.63) is 84.2 Å². The molecule has 6 heteroatoms. The van der Waals surface area contributed by atoms with Gasteiger partial charge in [0, 0.05) is 18.1 Å². The van der Waals surface area contributed by atoms with Crippen molar-refractivity contribution in [1.82, 2.24) is 14.5 Å². The van der Waals surface area contributed by atoms with Crippen LogP contribution >= 0.6 is 0 Å². The number of rotatable bonds is 4. The Morgan fingerprint density at radius 1 is 1.15 bits per heavy atom. The van der Waals surface area contributed by atoms with Crippen LogP contribution in [0.5, 0.6) is 5.75 Å². The van der Waals surface area contributed by atoms with Crippen molar-refractivity contribution in [2.24, 2.45) is 0 Å². The fourth-order valence-electron chi connectivity index (χ4n) is 3.34. The number of halogens is 1. The van der Waals surface area contributed by atoms with Crippen LogP contribution < -0.4 is 4.74 Å². The first-order valence-electron chi connectivity index (χ1n) is 8.91. The summed E-state index contributed by atoms with van der Waals surface area (Å²) in [7, 11) is 0. The molecule has 0 radical (unpaired) electrons. The highest BCUT2D eigenvalue weighted by Crippen LogP contribution is 2.19. The maximum absolute atomic E-state index is 13.9. The molecular weight excluding hydrogens is 345 g/mol. The normalized spacial score (nSPS) is 16.5. The van der Waals surface area contributed by atoms with Gasteiger partial charge in [-0.15, -0.1) is 0 Å². The van der Waals surface area contributed by atoms with Crippen LogP contribution in [0, 0.1) is 5.82 Å². The van der Waals surface area contributed by atoms with Gasteiger partial charge in [0.2, 0.25) is 5.91 Å². The molecule has 0 N–H and O–H groups in total. The van der Waals surface area contributed by atoms with Gasteiger partial charge in [0.05, 0.1) is 32.3 Å². The van der Waals surface area contributed by atoms with Gasteiger partial charge in [-0.05, 0) is 35.9 Å². The number of carbonyl (C=O) groups excluding carboxylic acids is 1. The lowest BCUT2D eigenvalue weighted by Gasteiger charge is -2.25. The summed E-state index contributed by atoms with van der Waals surface area (Å²) < 4.78 is 22.1. The van der Waals surface area contributed by atoms with Crippen molar-refractivity contribution in [3.63, 3.8) is 0 Å². The Bertz CT molecular complexity index is 926. The summed E-state index contributed by atoms with van der Waals surface area (Å²) in [5.74, 6) is 0.196. The number of aromatic nitrogens is 2. The standard InChI is InChI=1S/C21H20FN3O2/c22-20-8-2-1-5-16(20)11-21(26)25-13-17-6-4-10-24(17)14-19(15-25)27-18-7-3-9-23-12-18/h1-10,12,19H,11,13-15H2. The number of benzene rings is 1. The van der Waals surface area contributed by atoms with Crippen LogP contribution in [0.2, 0.25) is 0 Å². The van der Waals surface area contributed by atoms with E-state index < -0.39 is 0 Å². The highest BCUT2D eigenvalue weighted by molar-refractivity contribution is 5.79. The molecule has 3 heterocycles. The van der Waals surface area contributed by atoms with E-state index in [9.17, 15) is 9.18 Å². The molecule has 1 unspecified atom stereocenters. The molecule has 2 aromatic heterocycles. The lowest BCUT2D eigenvalue weighted by atomic mass is 10.1. The topological polar surface area (TPSA) is 47.4 Å². The van der Waals surface area contributed by atoms with Crippen LogP contribution in [0.3, 0.4) is 0 Å². The third-order valence-corrected chi connectivity index (χ3v) is 4.69. The van der Waals surface area contributed by atoms with Crippen molar-refractivity contribution in [1.29, 1.82) is 0 Å². The minimum atomic E-state index is -0.354. The van der Waals surface area contributed by atoms with Crippen molar-refractivity contribution in [2.45, 2.75) is 25.6 Å². The Balaban J connectivity index is 1.54. The summed E-state index contributed by atoms with van der Waals surface area (Å²) in [5.41, 5.74) is 1.45. The molecule has 1 atom stereocenters. The van der Waals surface area contributed by atoms with Gasteiger partial charge in [0.15, 0.2) is 0 Å². The third kappa shape index (κ3) is 4.00. The molecule has 27 heavy (non-hydrogen) atoms. The van der Waals surface area contributed by atoms with Gasteiger partial charge in [0.1, 0.15) is 17.7 Å². The van der Waals surface area contributed by atoms with E-state index in [1.165, 1.54) is 6.07 Å². The van der Waals surface area contributed by atoms with E-state index >= 15 is 0 Å². The second-order valence-corrected chi connectivity index (χ2v) is 6.62. The van der Waals surface area contributed by atoms with E-state index in [0.717, 1.165) is 5.69 Å². The number of pyridine rings is 1. The number of amides is 1. The second-order valence-electron chi connectivity index (χ2n) is 6.62. The molecule has 0 aliphatic carbocycles. The molecule has 1 amide bonds. The monoisotopic (exact) mass is 365 g/mol. The maximum Gasteiger partial charge on any atom is 0.227 e. The van der Waals surface area contributed by atoms with Crippen molar-refractivity contribution < 1.29 is 13.9 Å². The van der Waals surface area contributed by atoms with E-state index in [-0.39, 0.29) is 24.2 Å². The Morgan fingerprint density at radius 3 is 2.85 bits per heavy atom. The smallest absolute Gasteiger partial charge is 0.227 e. The summed E-state index contributed by atoms with van der Waals surface area (Å²) in [6, 6.07) is 14.0. The molecule has 0 fully saturated rings. The van der Waals surface area contributed by atoms with E-state index in [1.54, 1.807) is 35.5 Å². The highest BCUT2D eigenvalue weighted by Gasteiger charge is 2.26. The number of hydrogen-bond acceptors (Lipinski definition) is 3. The Labute approximate surface area is 157 Å². The Hall–Kier alpha value is -3.15. The predicted molar refractivity (Wildman–Crippen MR) is 98.6 cm³/mol. The van der Waals surface area contributed by atoms with E-state index in [1.807, 2.05) is 30.5 Å². The summed E-state index contributed by atoms with van der Waals surface area (Å²) in [6.07, 6.45) is 5.15. The number of nitrogens with zero attached hydrogens (tertiary/aromatic N) is 3. The quantitative estimate of drug-likeness (QED) is 0.714. The summed E-state index contributed by atoms with van der Waals surface area (Å²) in [6.45, 7) is 1.55. The first-order chi connectivity index (χ1) is 13.2. The van der Waals surface area contributed by atoms with Crippen LogP contribution in [0.4, 0.5) is 4.39 Å².